The van der Waals surface area contributed by atoms with Crippen molar-refractivity contribution in [2.75, 3.05) is 27.2 Å². The van der Waals surface area contributed by atoms with Crippen molar-refractivity contribution in [2.45, 2.75) is 12.0 Å². The molecule has 11 heavy (non-hydrogen) atoms. The van der Waals surface area contributed by atoms with Crippen molar-refractivity contribution in [2.24, 2.45) is 5.73 Å². The number of rotatable bonds is 2. The standard InChI is InChI=1S/C7H15N3O/c1-10(2)7(6(8)11)3-4-9-5-7/h9H,3-5H2,1-2H3,(H2,8,11). The molecule has 0 radical (unpaired) electrons. The molecule has 1 aliphatic heterocycles. The molecule has 4 nitrogen and oxygen atoms in total. The van der Waals surface area contributed by atoms with Gasteiger partial charge in [-0.05, 0) is 27.1 Å². The summed E-state index contributed by atoms with van der Waals surface area (Å²) in [5, 5.41) is 3.13. The summed E-state index contributed by atoms with van der Waals surface area (Å²) in [7, 11) is 3.77. The Labute approximate surface area is 66.7 Å². The summed E-state index contributed by atoms with van der Waals surface area (Å²) in [6.45, 7) is 1.55. The van der Waals surface area contributed by atoms with E-state index in [9.17, 15) is 4.79 Å². The van der Waals surface area contributed by atoms with Gasteiger partial charge in [-0.2, -0.15) is 0 Å². The molecular formula is C7H15N3O. The van der Waals surface area contributed by atoms with Gasteiger partial charge in [0.15, 0.2) is 0 Å². The maximum Gasteiger partial charge on any atom is 0.239 e. The SMILES string of the molecule is CN(C)C1(C(N)=O)CCNC1. The van der Waals surface area contributed by atoms with Gasteiger partial charge in [0.25, 0.3) is 0 Å². The molecule has 0 aromatic rings. The lowest BCUT2D eigenvalue weighted by atomic mass is 9.96. The van der Waals surface area contributed by atoms with Gasteiger partial charge < -0.3 is 11.1 Å². The lowest BCUT2D eigenvalue weighted by Gasteiger charge is -2.31. The highest BCUT2D eigenvalue weighted by Crippen LogP contribution is 2.19. The molecule has 1 rings (SSSR count). The zero-order valence-electron chi connectivity index (χ0n) is 7.05. The minimum Gasteiger partial charge on any atom is -0.368 e. The van der Waals surface area contributed by atoms with Crippen molar-refractivity contribution in [3.05, 3.63) is 0 Å². The van der Waals surface area contributed by atoms with Gasteiger partial charge in [-0.15, -0.1) is 0 Å². The Hall–Kier alpha value is -0.610. The summed E-state index contributed by atoms with van der Waals surface area (Å²) < 4.78 is 0. The predicted octanol–water partition coefficient (Wildman–Crippen LogP) is -1.23. The van der Waals surface area contributed by atoms with Crippen LogP contribution >= 0.6 is 0 Å². The predicted molar refractivity (Wildman–Crippen MR) is 43.1 cm³/mol. The number of hydrogen-bond donors (Lipinski definition) is 2. The smallest absolute Gasteiger partial charge is 0.239 e. The lowest BCUT2D eigenvalue weighted by molar-refractivity contribution is -0.127. The highest BCUT2D eigenvalue weighted by molar-refractivity contribution is 5.85. The van der Waals surface area contributed by atoms with Crippen LogP contribution in [0.2, 0.25) is 0 Å². The molecule has 0 aromatic carbocycles. The molecule has 1 saturated heterocycles. The fourth-order valence-corrected chi connectivity index (χ4v) is 1.49. The van der Waals surface area contributed by atoms with E-state index in [2.05, 4.69) is 5.32 Å². The molecule has 0 aromatic heterocycles. The van der Waals surface area contributed by atoms with E-state index < -0.39 is 5.54 Å². The molecule has 1 fully saturated rings. The number of primary amides is 1. The summed E-state index contributed by atoms with van der Waals surface area (Å²) in [5.74, 6) is -0.229. The number of nitrogens with zero attached hydrogens (tertiary/aromatic N) is 1. The molecule has 1 unspecified atom stereocenters. The highest BCUT2D eigenvalue weighted by Gasteiger charge is 2.41. The van der Waals surface area contributed by atoms with Gasteiger partial charge in [0.1, 0.15) is 5.54 Å². The average Bonchev–Trinajstić information content (AvgIpc) is 2.34. The number of nitrogens with one attached hydrogen (secondary N) is 1. The van der Waals surface area contributed by atoms with E-state index in [1.54, 1.807) is 0 Å². The molecule has 3 N–H and O–H groups in total. The largest absolute Gasteiger partial charge is 0.368 e. The van der Waals surface area contributed by atoms with E-state index in [4.69, 9.17) is 5.73 Å². The van der Waals surface area contributed by atoms with Crippen LogP contribution in [0.25, 0.3) is 0 Å². The van der Waals surface area contributed by atoms with Crippen molar-refractivity contribution >= 4 is 5.91 Å². The number of carbonyl (C=O) groups excluding carboxylic acids is 1. The van der Waals surface area contributed by atoms with Crippen LogP contribution in [0.15, 0.2) is 0 Å². The first-order chi connectivity index (χ1) is 5.09. The third kappa shape index (κ3) is 1.23. The Balaban J connectivity index is 2.79. The van der Waals surface area contributed by atoms with Crippen LogP contribution in [0, 0.1) is 0 Å². The molecule has 0 saturated carbocycles. The Morgan fingerprint density at radius 2 is 2.27 bits per heavy atom. The monoisotopic (exact) mass is 157 g/mol. The second-order valence-electron chi connectivity index (χ2n) is 3.22. The second-order valence-corrected chi connectivity index (χ2v) is 3.22. The fraction of sp³-hybridized carbons (Fsp3) is 0.857. The van der Waals surface area contributed by atoms with Gasteiger partial charge in [0, 0.05) is 6.54 Å². The van der Waals surface area contributed by atoms with Gasteiger partial charge in [-0.25, -0.2) is 0 Å². The number of amides is 1. The molecule has 1 aliphatic rings. The zero-order valence-corrected chi connectivity index (χ0v) is 7.05. The Morgan fingerprint density at radius 1 is 1.64 bits per heavy atom. The Bertz CT molecular complexity index is 161. The van der Waals surface area contributed by atoms with Crippen LogP contribution in [0.1, 0.15) is 6.42 Å². The number of hydrogen-bond acceptors (Lipinski definition) is 3. The van der Waals surface area contributed by atoms with Crippen LogP contribution in [0.3, 0.4) is 0 Å². The third-order valence-electron chi connectivity index (χ3n) is 2.45. The van der Waals surface area contributed by atoms with Gasteiger partial charge in [-0.1, -0.05) is 0 Å². The first-order valence-electron chi connectivity index (χ1n) is 3.78. The molecular weight excluding hydrogens is 142 g/mol. The topological polar surface area (TPSA) is 58.4 Å². The third-order valence-corrected chi connectivity index (χ3v) is 2.45. The quantitative estimate of drug-likeness (QED) is 0.527. The summed E-state index contributed by atoms with van der Waals surface area (Å²) in [5.41, 5.74) is 4.87. The summed E-state index contributed by atoms with van der Waals surface area (Å²) in [4.78, 5) is 13.0. The van der Waals surface area contributed by atoms with Gasteiger partial charge in [0.2, 0.25) is 5.91 Å². The Kier molecular flexibility index (Phi) is 2.15. The van der Waals surface area contributed by atoms with Gasteiger partial charge >= 0.3 is 0 Å². The molecule has 1 amide bonds. The maximum atomic E-state index is 11.1. The minimum absolute atomic E-state index is 0.229. The van der Waals surface area contributed by atoms with Crippen LogP contribution < -0.4 is 11.1 Å². The van der Waals surface area contributed by atoms with E-state index in [1.165, 1.54) is 0 Å². The van der Waals surface area contributed by atoms with Gasteiger partial charge in [-0.3, -0.25) is 9.69 Å². The molecule has 1 heterocycles. The normalized spacial score (nSPS) is 31.2. The van der Waals surface area contributed by atoms with Crippen molar-refractivity contribution in [3.63, 3.8) is 0 Å². The van der Waals surface area contributed by atoms with E-state index in [1.807, 2.05) is 19.0 Å². The van der Waals surface area contributed by atoms with Crippen molar-refractivity contribution in [3.8, 4) is 0 Å². The summed E-state index contributed by atoms with van der Waals surface area (Å²) in [6.07, 6.45) is 0.815. The van der Waals surface area contributed by atoms with Crippen molar-refractivity contribution in [1.82, 2.24) is 10.2 Å². The molecule has 0 bridgehead atoms. The first kappa shape index (κ1) is 8.49. The zero-order chi connectivity index (χ0) is 8.48. The Morgan fingerprint density at radius 3 is 2.45 bits per heavy atom. The van der Waals surface area contributed by atoms with Crippen molar-refractivity contribution < 1.29 is 4.79 Å². The van der Waals surface area contributed by atoms with Crippen molar-refractivity contribution in [1.29, 1.82) is 0 Å². The van der Waals surface area contributed by atoms with Gasteiger partial charge in [0.05, 0.1) is 0 Å². The van der Waals surface area contributed by atoms with Crippen LogP contribution in [0.5, 0.6) is 0 Å². The summed E-state index contributed by atoms with van der Waals surface area (Å²) >= 11 is 0. The average molecular weight is 157 g/mol. The number of nitrogens with two attached hydrogens (primary N) is 1. The molecule has 0 spiro atoms. The van der Waals surface area contributed by atoms with Crippen LogP contribution in [-0.2, 0) is 4.79 Å². The molecule has 4 heteroatoms. The number of carbonyl (C=O) groups is 1. The van der Waals surface area contributed by atoms with E-state index in [0.717, 1.165) is 13.0 Å². The highest BCUT2D eigenvalue weighted by atomic mass is 16.1. The number of likely N-dealkylation sites (N-methyl/N-ethyl adjacent to an activating group) is 1. The first-order valence-corrected chi connectivity index (χ1v) is 3.78. The molecule has 0 aliphatic carbocycles. The van der Waals surface area contributed by atoms with Crippen LogP contribution in [-0.4, -0.2) is 43.5 Å². The summed E-state index contributed by atoms with van der Waals surface area (Å²) in [6, 6.07) is 0. The minimum atomic E-state index is -0.444. The molecule has 64 valence electrons. The van der Waals surface area contributed by atoms with E-state index >= 15 is 0 Å². The maximum absolute atomic E-state index is 11.1. The molecule has 1 atom stereocenters. The lowest BCUT2D eigenvalue weighted by Crippen LogP contribution is -2.56. The van der Waals surface area contributed by atoms with E-state index in [0.29, 0.717) is 6.54 Å². The fourth-order valence-electron chi connectivity index (χ4n) is 1.49. The van der Waals surface area contributed by atoms with Crippen LogP contribution in [0.4, 0.5) is 0 Å². The van der Waals surface area contributed by atoms with E-state index in [-0.39, 0.29) is 5.91 Å². The second kappa shape index (κ2) is 2.79.